The van der Waals surface area contributed by atoms with E-state index in [0.717, 1.165) is 36.6 Å². The maximum absolute atomic E-state index is 13.3. The fraction of sp³-hybridized carbons (Fsp3) is 0.429. The van der Waals surface area contributed by atoms with Gasteiger partial charge in [0.1, 0.15) is 5.82 Å². The van der Waals surface area contributed by atoms with E-state index in [9.17, 15) is 14.0 Å². The summed E-state index contributed by atoms with van der Waals surface area (Å²) >= 11 is 0. The van der Waals surface area contributed by atoms with Crippen LogP contribution >= 0.6 is 0 Å². The highest BCUT2D eigenvalue weighted by molar-refractivity contribution is 6.23. The molecule has 100 valence electrons. The number of benzene rings is 1. The van der Waals surface area contributed by atoms with Crippen LogP contribution in [0.5, 0.6) is 0 Å². The van der Waals surface area contributed by atoms with Gasteiger partial charge in [0.2, 0.25) is 11.8 Å². The first-order chi connectivity index (χ1) is 9.03. The second kappa shape index (κ2) is 4.05. The Morgan fingerprint density at radius 3 is 2.58 bits per heavy atom. The van der Waals surface area contributed by atoms with E-state index in [-0.39, 0.29) is 29.6 Å². The third-order valence-corrected chi connectivity index (χ3v) is 4.19. The molecular formula is C14H15FN2O2. The Morgan fingerprint density at radius 2 is 1.89 bits per heavy atom. The van der Waals surface area contributed by atoms with Gasteiger partial charge in [0.15, 0.2) is 0 Å². The van der Waals surface area contributed by atoms with Gasteiger partial charge in [0, 0.05) is 12.5 Å². The van der Waals surface area contributed by atoms with Crippen molar-refractivity contribution >= 4 is 23.2 Å². The lowest BCUT2D eigenvalue weighted by molar-refractivity contribution is -0.125. The largest absolute Gasteiger partial charge is 0.397 e. The number of nitrogens with zero attached hydrogens (tertiary/aromatic N) is 1. The smallest absolute Gasteiger partial charge is 0.240 e. The van der Waals surface area contributed by atoms with Crippen LogP contribution in [0.2, 0.25) is 0 Å². The van der Waals surface area contributed by atoms with Crippen molar-refractivity contribution in [3.8, 4) is 0 Å². The van der Waals surface area contributed by atoms with Crippen LogP contribution in [0.25, 0.3) is 0 Å². The second-order valence-corrected chi connectivity index (χ2v) is 5.40. The minimum Gasteiger partial charge on any atom is -0.397 e. The molecule has 1 saturated heterocycles. The number of halogens is 1. The summed E-state index contributed by atoms with van der Waals surface area (Å²) in [6.07, 6.45) is 3.63. The van der Waals surface area contributed by atoms with Crippen LogP contribution in [0, 0.1) is 11.2 Å². The molecule has 1 aliphatic heterocycles. The Bertz CT molecular complexity index is 565. The van der Waals surface area contributed by atoms with E-state index in [2.05, 4.69) is 0 Å². The molecule has 1 aliphatic carbocycles. The van der Waals surface area contributed by atoms with E-state index in [1.807, 2.05) is 0 Å². The Morgan fingerprint density at radius 1 is 1.21 bits per heavy atom. The summed E-state index contributed by atoms with van der Waals surface area (Å²) in [6, 6.07) is 3.75. The van der Waals surface area contributed by atoms with Gasteiger partial charge in [-0.15, -0.1) is 0 Å². The topological polar surface area (TPSA) is 63.4 Å². The van der Waals surface area contributed by atoms with Gasteiger partial charge in [-0.05, 0) is 25.0 Å². The lowest BCUT2D eigenvalue weighted by Crippen LogP contribution is -2.34. The number of hydrogen-bond donors (Lipinski definition) is 1. The zero-order valence-corrected chi connectivity index (χ0v) is 10.5. The number of nitrogens with two attached hydrogens (primary N) is 1. The summed E-state index contributed by atoms with van der Waals surface area (Å²) in [5.41, 5.74) is 5.64. The fourth-order valence-electron chi connectivity index (χ4n) is 3.19. The first-order valence-corrected chi connectivity index (χ1v) is 6.46. The van der Waals surface area contributed by atoms with Crippen LogP contribution < -0.4 is 10.6 Å². The van der Waals surface area contributed by atoms with Gasteiger partial charge >= 0.3 is 0 Å². The molecule has 4 nitrogen and oxygen atoms in total. The molecule has 19 heavy (non-hydrogen) atoms. The highest BCUT2D eigenvalue weighted by Crippen LogP contribution is 2.48. The van der Waals surface area contributed by atoms with E-state index < -0.39 is 11.2 Å². The zero-order chi connectivity index (χ0) is 13.6. The van der Waals surface area contributed by atoms with E-state index in [1.54, 1.807) is 0 Å². The predicted molar refractivity (Wildman–Crippen MR) is 68.8 cm³/mol. The molecule has 0 atom stereocenters. The SMILES string of the molecule is Nc1ccc(F)cc1N1C(=O)CC2(CCCC2)C1=O. The van der Waals surface area contributed by atoms with Crippen molar-refractivity contribution < 1.29 is 14.0 Å². The highest BCUT2D eigenvalue weighted by atomic mass is 19.1. The van der Waals surface area contributed by atoms with Crippen LogP contribution in [0.1, 0.15) is 32.1 Å². The summed E-state index contributed by atoms with van der Waals surface area (Å²) in [4.78, 5) is 25.7. The number of imide groups is 1. The van der Waals surface area contributed by atoms with Gasteiger partial charge < -0.3 is 5.73 Å². The maximum atomic E-state index is 13.3. The maximum Gasteiger partial charge on any atom is 0.240 e. The monoisotopic (exact) mass is 262 g/mol. The molecule has 0 unspecified atom stereocenters. The quantitative estimate of drug-likeness (QED) is 0.623. The predicted octanol–water partition coefficient (Wildman–Crippen LogP) is 2.23. The van der Waals surface area contributed by atoms with Crippen molar-refractivity contribution in [3.05, 3.63) is 24.0 Å². The van der Waals surface area contributed by atoms with Crippen molar-refractivity contribution in [1.29, 1.82) is 0 Å². The van der Waals surface area contributed by atoms with E-state index in [0.29, 0.717) is 0 Å². The van der Waals surface area contributed by atoms with Gasteiger partial charge in [-0.1, -0.05) is 12.8 Å². The molecule has 1 aromatic carbocycles. The number of rotatable bonds is 1. The van der Waals surface area contributed by atoms with Crippen LogP contribution in [0.3, 0.4) is 0 Å². The normalized spacial score (nSPS) is 21.6. The fourth-order valence-corrected chi connectivity index (χ4v) is 3.19. The van der Waals surface area contributed by atoms with Crippen molar-refractivity contribution in [2.24, 2.45) is 5.41 Å². The zero-order valence-electron chi connectivity index (χ0n) is 10.5. The summed E-state index contributed by atoms with van der Waals surface area (Å²) in [7, 11) is 0. The Balaban J connectivity index is 2.03. The minimum absolute atomic E-state index is 0.179. The number of hydrogen-bond acceptors (Lipinski definition) is 3. The highest BCUT2D eigenvalue weighted by Gasteiger charge is 2.53. The summed E-state index contributed by atoms with van der Waals surface area (Å²) in [6.45, 7) is 0. The van der Waals surface area contributed by atoms with E-state index >= 15 is 0 Å². The number of carbonyl (C=O) groups is 2. The van der Waals surface area contributed by atoms with Gasteiger partial charge in [-0.3, -0.25) is 9.59 Å². The van der Waals surface area contributed by atoms with Gasteiger partial charge in [-0.2, -0.15) is 0 Å². The molecule has 0 radical (unpaired) electrons. The molecule has 1 aromatic rings. The van der Waals surface area contributed by atoms with Gasteiger partial charge in [0.25, 0.3) is 0 Å². The van der Waals surface area contributed by atoms with Crippen molar-refractivity contribution in [1.82, 2.24) is 0 Å². The molecule has 2 fully saturated rings. The molecule has 5 heteroatoms. The average Bonchev–Trinajstić information content (AvgIpc) is 2.91. The number of anilines is 2. The number of carbonyl (C=O) groups excluding carboxylic acids is 2. The lowest BCUT2D eigenvalue weighted by Gasteiger charge is -2.21. The van der Waals surface area contributed by atoms with Gasteiger partial charge in [-0.25, -0.2) is 9.29 Å². The van der Waals surface area contributed by atoms with Crippen LogP contribution in [-0.4, -0.2) is 11.8 Å². The molecule has 0 aromatic heterocycles. The summed E-state index contributed by atoms with van der Waals surface area (Å²) in [5.74, 6) is -0.992. The van der Waals surface area contributed by atoms with Crippen molar-refractivity contribution in [2.75, 3.05) is 10.6 Å². The van der Waals surface area contributed by atoms with Crippen molar-refractivity contribution in [2.45, 2.75) is 32.1 Å². The van der Waals surface area contributed by atoms with Crippen LogP contribution in [0.15, 0.2) is 18.2 Å². The molecule has 1 spiro atoms. The van der Waals surface area contributed by atoms with Gasteiger partial charge in [0.05, 0.1) is 16.8 Å². The van der Waals surface area contributed by atoms with Crippen LogP contribution in [-0.2, 0) is 9.59 Å². The standard InChI is InChI=1S/C14H15FN2O2/c15-9-3-4-10(16)11(7-9)17-12(18)8-14(13(17)19)5-1-2-6-14/h3-4,7H,1-2,5-6,8,16H2. The lowest BCUT2D eigenvalue weighted by atomic mass is 9.84. The van der Waals surface area contributed by atoms with Crippen molar-refractivity contribution in [3.63, 3.8) is 0 Å². The number of amides is 2. The Kier molecular flexibility index (Phi) is 2.59. The first-order valence-electron chi connectivity index (χ1n) is 6.46. The molecule has 2 aliphatic rings. The minimum atomic E-state index is -0.560. The molecule has 1 heterocycles. The Hall–Kier alpha value is -1.91. The number of nitrogen functional groups attached to an aromatic ring is 1. The third kappa shape index (κ3) is 1.72. The first kappa shape index (κ1) is 12.1. The molecular weight excluding hydrogens is 247 g/mol. The van der Waals surface area contributed by atoms with E-state index in [1.165, 1.54) is 12.1 Å². The van der Waals surface area contributed by atoms with Crippen LogP contribution in [0.4, 0.5) is 15.8 Å². The molecule has 3 rings (SSSR count). The third-order valence-electron chi connectivity index (χ3n) is 4.19. The summed E-state index contributed by atoms with van der Waals surface area (Å²) in [5, 5.41) is 0. The molecule has 2 amide bonds. The second-order valence-electron chi connectivity index (χ2n) is 5.40. The molecule has 1 saturated carbocycles. The van der Waals surface area contributed by atoms with E-state index in [4.69, 9.17) is 5.73 Å². The Labute approximate surface area is 110 Å². The average molecular weight is 262 g/mol. The molecule has 0 bridgehead atoms. The summed E-state index contributed by atoms with van der Waals surface area (Å²) < 4.78 is 13.3. The molecule has 2 N–H and O–H groups in total.